The zero-order valence-electron chi connectivity index (χ0n) is 25.3. The summed E-state index contributed by atoms with van der Waals surface area (Å²) in [6.45, 7) is 11.1. The summed E-state index contributed by atoms with van der Waals surface area (Å²) in [5, 5.41) is 0. The average molecular weight is 569 g/mol. The summed E-state index contributed by atoms with van der Waals surface area (Å²) in [5.41, 5.74) is 5.73. The summed E-state index contributed by atoms with van der Waals surface area (Å²) < 4.78 is 11.3. The van der Waals surface area contributed by atoms with Gasteiger partial charge in [-0.3, -0.25) is 9.69 Å². The SMILES string of the molecule is CCN1CCN(c2cccc3c2CN(C(c2ccc(OC)c(OC)c2)C2CCN(Cc4ccccc4)CC2)C3=O)CC1. The van der Waals surface area contributed by atoms with Gasteiger partial charge >= 0.3 is 0 Å². The summed E-state index contributed by atoms with van der Waals surface area (Å²) in [6, 6.07) is 23.2. The molecule has 1 unspecified atom stereocenters. The Balaban J connectivity index is 1.28. The van der Waals surface area contributed by atoms with Crippen molar-refractivity contribution in [2.75, 3.05) is 64.9 Å². The van der Waals surface area contributed by atoms with Crippen LogP contribution in [0.5, 0.6) is 11.5 Å². The van der Waals surface area contributed by atoms with Crippen LogP contribution >= 0.6 is 0 Å². The van der Waals surface area contributed by atoms with Crippen molar-refractivity contribution in [1.29, 1.82) is 0 Å². The van der Waals surface area contributed by atoms with Gasteiger partial charge in [0, 0.05) is 56.1 Å². The van der Waals surface area contributed by atoms with Gasteiger partial charge in [0.15, 0.2) is 11.5 Å². The van der Waals surface area contributed by atoms with Crippen LogP contribution in [-0.2, 0) is 13.1 Å². The van der Waals surface area contributed by atoms with Crippen LogP contribution in [0.4, 0.5) is 5.69 Å². The maximum atomic E-state index is 14.2. The quantitative estimate of drug-likeness (QED) is 0.342. The Labute approximate surface area is 250 Å². The highest BCUT2D eigenvalue weighted by atomic mass is 16.5. The molecule has 3 heterocycles. The van der Waals surface area contributed by atoms with Crippen LogP contribution < -0.4 is 14.4 Å². The van der Waals surface area contributed by atoms with E-state index in [1.165, 1.54) is 16.8 Å². The molecule has 3 aromatic carbocycles. The van der Waals surface area contributed by atoms with E-state index < -0.39 is 0 Å². The molecule has 0 radical (unpaired) electrons. The van der Waals surface area contributed by atoms with Gasteiger partial charge in [-0.15, -0.1) is 0 Å². The molecule has 0 aliphatic carbocycles. The minimum absolute atomic E-state index is 0.0339. The van der Waals surface area contributed by atoms with Crippen LogP contribution in [0, 0.1) is 5.92 Å². The fourth-order valence-corrected chi connectivity index (χ4v) is 7.18. The maximum absolute atomic E-state index is 14.2. The monoisotopic (exact) mass is 568 g/mol. The first-order chi connectivity index (χ1) is 20.6. The number of anilines is 1. The van der Waals surface area contributed by atoms with Crippen LogP contribution in [0.25, 0.3) is 0 Å². The number of likely N-dealkylation sites (N-methyl/N-ethyl adjacent to an activating group) is 1. The highest BCUT2D eigenvalue weighted by Gasteiger charge is 2.40. The third kappa shape index (κ3) is 5.72. The number of likely N-dealkylation sites (tertiary alicyclic amines) is 1. The minimum atomic E-state index is -0.0339. The molecule has 7 heteroatoms. The van der Waals surface area contributed by atoms with Crippen molar-refractivity contribution in [3.63, 3.8) is 0 Å². The molecule has 2 fully saturated rings. The number of nitrogens with zero attached hydrogens (tertiary/aromatic N) is 4. The molecule has 0 spiro atoms. The number of methoxy groups -OCH3 is 2. The van der Waals surface area contributed by atoms with E-state index in [0.29, 0.717) is 24.0 Å². The van der Waals surface area contributed by atoms with Crippen molar-refractivity contribution in [2.24, 2.45) is 5.92 Å². The van der Waals surface area contributed by atoms with E-state index in [9.17, 15) is 4.79 Å². The topological polar surface area (TPSA) is 48.5 Å². The zero-order chi connectivity index (χ0) is 29.1. The lowest BCUT2D eigenvalue weighted by Crippen LogP contribution is -2.46. The van der Waals surface area contributed by atoms with Crippen LogP contribution in [0.1, 0.15) is 52.9 Å². The Morgan fingerprint density at radius 1 is 0.810 bits per heavy atom. The van der Waals surface area contributed by atoms with E-state index in [1.54, 1.807) is 14.2 Å². The number of hydrogen-bond donors (Lipinski definition) is 0. The fourth-order valence-electron chi connectivity index (χ4n) is 7.18. The molecule has 7 nitrogen and oxygen atoms in total. The molecule has 1 amide bonds. The largest absolute Gasteiger partial charge is 0.493 e. The average Bonchev–Trinajstić information content (AvgIpc) is 3.38. The van der Waals surface area contributed by atoms with Crippen LogP contribution in [-0.4, -0.2) is 80.6 Å². The summed E-state index contributed by atoms with van der Waals surface area (Å²) in [4.78, 5) is 23.9. The molecule has 0 saturated carbocycles. The third-order valence-corrected chi connectivity index (χ3v) is 9.54. The number of carbonyl (C=O) groups excluding carboxylic acids is 1. The number of piperazine rings is 1. The van der Waals surface area contributed by atoms with Crippen molar-refractivity contribution in [3.05, 3.63) is 89.0 Å². The summed E-state index contributed by atoms with van der Waals surface area (Å²) in [5.74, 6) is 1.91. The second-order valence-corrected chi connectivity index (χ2v) is 11.8. The third-order valence-electron chi connectivity index (χ3n) is 9.54. The van der Waals surface area contributed by atoms with Crippen molar-refractivity contribution in [3.8, 4) is 11.5 Å². The highest BCUT2D eigenvalue weighted by Crippen LogP contribution is 2.44. The molecular formula is C35H44N4O3. The maximum Gasteiger partial charge on any atom is 0.255 e. The molecule has 222 valence electrons. The second-order valence-electron chi connectivity index (χ2n) is 11.8. The molecule has 0 aromatic heterocycles. The summed E-state index contributed by atoms with van der Waals surface area (Å²) in [6.07, 6.45) is 2.08. The first-order valence-electron chi connectivity index (χ1n) is 15.5. The molecule has 6 rings (SSSR count). The minimum Gasteiger partial charge on any atom is -0.493 e. The van der Waals surface area contributed by atoms with Crippen molar-refractivity contribution in [2.45, 2.75) is 38.9 Å². The first kappa shape index (κ1) is 28.6. The molecule has 42 heavy (non-hydrogen) atoms. The first-order valence-corrected chi connectivity index (χ1v) is 15.5. The van der Waals surface area contributed by atoms with E-state index in [2.05, 4.69) is 81.1 Å². The number of fused-ring (bicyclic) bond motifs is 1. The summed E-state index contributed by atoms with van der Waals surface area (Å²) in [7, 11) is 3.35. The van der Waals surface area contributed by atoms with Gasteiger partial charge in [0.1, 0.15) is 0 Å². The molecule has 0 bridgehead atoms. The molecule has 2 saturated heterocycles. The Hall–Kier alpha value is -3.55. The van der Waals surface area contributed by atoms with Gasteiger partial charge in [0.05, 0.1) is 20.3 Å². The van der Waals surface area contributed by atoms with Crippen molar-refractivity contribution >= 4 is 11.6 Å². The van der Waals surface area contributed by atoms with E-state index in [1.807, 2.05) is 12.1 Å². The van der Waals surface area contributed by atoms with E-state index >= 15 is 0 Å². The molecule has 0 N–H and O–H groups in total. The molecular weight excluding hydrogens is 524 g/mol. The van der Waals surface area contributed by atoms with Crippen LogP contribution in [0.3, 0.4) is 0 Å². The van der Waals surface area contributed by atoms with Gasteiger partial charge < -0.3 is 24.2 Å². The number of benzene rings is 3. The number of amides is 1. The lowest BCUT2D eigenvalue weighted by atomic mass is 9.84. The lowest BCUT2D eigenvalue weighted by Gasteiger charge is -2.40. The predicted octanol–water partition coefficient (Wildman–Crippen LogP) is 5.46. The van der Waals surface area contributed by atoms with E-state index in [4.69, 9.17) is 9.47 Å². The molecule has 3 aliphatic heterocycles. The predicted molar refractivity (Wildman–Crippen MR) is 167 cm³/mol. The molecule has 3 aromatic rings. The normalized spacial score (nSPS) is 19.2. The number of ether oxygens (including phenoxy) is 2. The van der Waals surface area contributed by atoms with Gasteiger partial charge in [-0.05, 0) is 73.8 Å². The summed E-state index contributed by atoms with van der Waals surface area (Å²) >= 11 is 0. The number of hydrogen-bond acceptors (Lipinski definition) is 6. The number of piperidine rings is 1. The Morgan fingerprint density at radius 3 is 2.24 bits per heavy atom. The van der Waals surface area contributed by atoms with Gasteiger partial charge in [-0.25, -0.2) is 0 Å². The van der Waals surface area contributed by atoms with Gasteiger partial charge in [0.25, 0.3) is 5.91 Å². The van der Waals surface area contributed by atoms with E-state index in [0.717, 1.165) is 76.3 Å². The van der Waals surface area contributed by atoms with Crippen molar-refractivity contribution < 1.29 is 14.3 Å². The van der Waals surface area contributed by atoms with Crippen LogP contribution in [0.15, 0.2) is 66.7 Å². The van der Waals surface area contributed by atoms with Gasteiger partial charge in [-0.2, -0.15) is 0 Å². The fraction of sp³-hybridized carbons (Fsp3) is 0.457. The molecule has 1 atom stereocenters. The molecule has 3 aliphatic rings. The smallest absolute Gasteiger partial charge is 0.255 e. The van der Waals surface area contributed by atoms with Gasteiger partial charge in [-0.1, -0.05) is 49.4 Å². The highest BCUT2D eigenvalue weighted by molar-refractivity contribution is 6.00. The van der Waals surface area contributed by atoms with Crippen LogP contribution in [0.2, 0.25) is 0 Å². The van der Waals surface area contributed by atoms with E-state index in [-0.39, 0.29) is 11.9 Å². The van der Waals surface area contributed by atoms with Crippen molar-refractivity contribution in [1.82, 2.24) is 14.7 Å². The Kier molecular flexibility index (Phi) is 8.68. The standard InChI is InChI=1S/C35H44N4O3/c1-4-36-19-21-38(22-20-36)31-12-8-11-29-30(31)25-39(35(29)40)34(28-13-14-32(41-2)33(23-28)42-3)27-15-17-37(18-16-27)24-26-9-6-5-7-10-26/h5-14,23,27,34H,4,15-22,24-25H2,1-3H3. The second kappa shape index (κ2) is 12.8. The number of rotatable bonds is 9. The Morgan fingerprint density at radius 2 is 1.55 bits per heavy atom. The Bertz CT molecular complexity index is 1360. The zero-order valence-corrected chi connectivity index (χ0v) is 25.3. The lowest BCUT2D eigenvalue weighted by molar-refractivity contribution is 0.0527. The number of carbonyl (C=O) groups is 1. The van der Waals surface area contributed by atoms with Gasteiger partial charge in [0.2, 0.25) is 0 Å².